The van der Waals surface area contributed by atoms with Gasteiger partial charge in [0.05, 0.1) is 77.0 Å². The third kappa shape index (κ3) is 27.2. The Morgan fingerprint density at radius 2 is 0.681 bits per heavy atom. The fourth-order valence-corrected chi connectivity index (χ4v) is 16.7. The van der Waals surface area contributed by atoms with Crippen LogP contribution in [0.15, 0.2) is 121 Å². The molecule has 12 heteroatoms. The lowest BCUT2D eigenvalue weighted by molar-refractivity contribution is 0.0696. The summed E-state index contributed by atoms with van der Waals surface area (Å²) in [4.78, 5) is 35.9. The summed E-state index contributed by atoms with van der Waals surface area (Å²) in [5, 5.41) is 9.96. The zero-order chi connectivity index (χ0) is 78.9. The number of hydrogen-bond donors (Lipinski definition) is 3. The number of hydrogen-bond acceptors (Lipinski definition) is 9. The summed E-state index contributed by atoms with van der Waals surface area (Å²) in [6.07, 6.45) is 58.0. The van der Waals surface area contributed by atoms with Gasteiger partial charge in [0.1, 0.15) is 23.0 Å². The quantitative estimate of drug-likeness (QED) is 0.0252. The summed E-state index contributed by atoms with van der Waals surface area (Å²) in [7, 11) is 4.12. The van der Waals surface area contributed by atoms with Gasteiger partial charge in [-0.25, -0.2) is 14.8 Å². The number of rotatable bonds is 54. The molecule has 4 aromatic carbocycles. The minimum atomic E-state index is -0.956. The van der Waals surface area contributed by atoms with Crippen molar-refractivity contribution in [1.29, 1.82) is 0 Å². The Labute approximate surface area is 682 Å². The Morgan fingerprint density at radius 3 is 1.06 bits per heavy atom. The molecule has 11 nitrogen and oxygen atoms in total. The van der Waals surface area contributed by atoms with Crippen molar-refractivity contribution in [2.75, 3.05) is 45.4 Å². The number of H-pyrrole nitrogens is 2. The normalized spacial score (nSPS) is 11.7. The van der Waals surface area contributed by atoms with Gasteiger partial charge in [-0.1, -0.05) is 295 Å². The molecule has 0 atom stereocenters. The molecule has 0 saturated carbocycles. The molecular formula is C101H133N5O6S. The van der Waals surface area contributed by atoms with E-state index in [0.717, 1.165) is 173 Å². The number of unbranched alkanes of at least 4 members (excludes halogenated alkanes) is 36. The lowest BCUT2D eigenvalue weighted by Crippen LogP contribution is -2.07. The predicted octanol–water partition coefficient (Wildman–Crippen LogP) is 29.7. The number of nitrogens with one attached hydrogen (secondary N) is 2. The van der Waals surface area contributed by atoms with Gasteiger partial charge in [-0.15, -0.1) is 11.3 Å². The Hall–Kier alpha value is -8.79. The maximum atomic E-state index is 12.2. The number of nitrogens with zero attached hydrogens (tertiary/aromatic N) is 3. The number of carboxylic acids is 1. The van der Waals surface area contributed by atoms with Crippen LogP contribution in [0.4, 0.5) is 5.69 Å². The van der Waals surface area contributed by atoms with E-state index in [-0.39, 0.29) is 5.56 Å². The molecule has 0 amide bonds. The van der Waals surface area contributed by atoms with Gasteiger partial charge in [0.15, 0.2) is 0 Å². The Bertz CT molecular complexity index is 4280. The zero-order valence-electron chi connectivity index (χ0n) is 69.7. The molecule has 6 heterocycles. The molecule has 3 N–H and O–H groups in total. The van der Waals surface area contributed by atoms with Crippen LogP contribution in [0.5, 0.6) is 23.0 Å². The van der Waals surface area contributed by atoms with E-state index in [0.29, 0.717) is 32.1 Å². The van der Waals surface area contributed by atoms with E-state index in [4.69, 9.17) is 28.9 Å². The summed E-state index contributed by atoms with van der Waals surface area (Å²) in [6, 6.07) is 41.2. The van der Waals surface area contributed by atoms with Crippen molar-refractivity contribution in [2.24, 2.45) is 0 Å². The average molecular weight is 1550 g/mol. The van der Waals surface area contributed by atoms with E-state index in [1.54, 1.807) is 23.5 Å². The maximum Gasteiger partial charge on any atom is 0.335 e. The summed E-state index contributed by atoms with van der Waals surface area (Å²) in [6.45, 7) is 11.4. The first-order valence-corrected chi connectivity index (χ1v) is 45.1. The van der Waals surface area contributed by atoms with Crippen LogP contribution in [0, 0.1) is 11.8 Å². The second kappa shape index (κ2) is 49.1. The Balaban J connectivity index is 1.15. The predicted molar refractivity (Wildman–Crippen MR) is 482 cm³/mol. The number of ether oxygens (including phenoxy) is 4. The van der Waals surface area contributed by atoms with E-state index in [2.05, 4.69) is 190 Å². The van der Waals surface area contributed by atoms with Crippen LogP contribution in [-0.4, -0.2) is 71.5 Å². The number of aromatic amines is 2. The highest BCUT2D eigenvalue weighted by Gasteiger charge is 2.26. The van der Waals surface area contributed by atoms with Crippen LogP contribution in [-0.2, 0) is 0 Å². The van der Waals surface area contributed by atoms with Gasteiger partial charge in [0.2, 0.25) is 0 Å². The highest BCUT2D eigenvalue weighted by atomic mass is 32.1. The van der Waals surface area contributed by atoms with Crippen molar-refractivity contribution in [2.45, 2.75) is 285 Å². The largest absolute Gasteiger partial charge is 0.493 e. The number of aromatic nitrogens is 4. The van der Waals surface area contributed by atoms with Crippen molar-refractivity contribution < 1.29 is 28.8 Å². The minimum Gasteiger partial charge on any atom is -0.493 e. The SMILES string of the molecule is CCCCCCCCCCCCOc1cccc(OCCCCCCCCCCCC)c1-c1c2nc(c(-c3ccc(-c4ccc(C(=O)O)cc4)s3)c3ccc([nH]3)c(-c3c(OCCCCCCCCCCCC)cccc3OCCCCCCCCCCCC)c3nc(c(C#Cc4ccc(N(C)C)cc4)c4ccc1[nH]4)C=C3)C=C2. The molecule has 2 aliphatic rings. The molecule has 10 rings (SSSR count). The van der Waals surface area contributed by atoms with E-state index in [1.165, 1.54) is 205 Å². The molecule has 8 aromatic rings. The van der Waals surface area contributed by atoms with Crippen molar-refractivity contribution in [3.05, 3.63) is 161 Å². The van der Waals surface area contributed by atoms with Crippen LogP contribution in [0.3, 0.4) is 0 Å². The van der Waals surface area contributed by atoms with Gasteiger partial charge in [-0.3, -0.25) is 0 Å². The molecule has 2 aliphatic heterocycles. The van der Waals surface area contributed by atoms with E-state index in [1.807, 2.05) is 12.1 Å². The number of thiophene rings is 1. The molecule has 0 saturated heterocycles. The zero-order valence-corrected chi connectivity index (χ0v) is 70.5. The number of anilines is 1. The lowest BCUT2D eigenvalue weighted by Gasteiger charge is -2.18. The van der Waals surface area contributed by atoms with Crippen molar-refractivity contribution in [3.63, 3.8) is 0 Å². The Kier molecular flexibility index (Phi) is 37.6. The summed E-state index contributed by atoms with van der Waals surface area (Å²) >= 11 is 1.65. The van der Waals surface area contributed by atoms with Crippen LogP contribution < -0.4 is 23.8 Å². The molecule has 0 unspecified atom stereocenters. The summed E-state index contributed by atoms with van der Waals surface area (Å²) in [5.74, 6) is 9.37. The number of fused-ring (bicyclic) bond motifs is 8. The van der Waals surface area contributed by atoms with E-state index < -0.39 is 5.97 Å². The topological polar surface area (TPSA) is 135 Å². The molecule has 604 valence electrons. The third-order valence-corrected chi connectivity index (χ3v) is 23.4. The van der Waals surface area contributed by atoms with Crippen LogP contribution in [0.2, 0.25) is 0 Å². The molecule has 113 heavy (non-hydrogen) atoms. The van der Waals surface area contributed by atoms with Crippen molar-refractivity contribution >= 4 is 69.4 Å². The number of carboxylic acid groups (broad SMARTS) is 1. The average Bonchev–Trinajstić information content (AvgIpc) is 1.64. The Morgan fingerprint density at radius 1 is 0.354 bits per heavy atom. The van der Waals surface area contributed by atoms with Gasteiger partial charge in [-0.05, 0) is 153 Å². The first kappa shape index (κ1) is 86.6. The van der Waals surface area contributed by atoms with Gasteiger partial charge in [-0.2, -0.15) is 0 Å². The van der Waals surface area contributed by atoms with Gasteiger partial charge < -0.3 is 38.9 Å². The molecular weight excluding hydrogens is 1410 g/mol. The van der Waals surface area contributed by atoms with E-state index in [9.17, 15) is 9.90 Å². The smallest absolute Gasteiger partial charge is 0.335 e. The van der Waals surface area contributed by atoms with Crippen LogP contribution in [0.25, 0.3) is 89.5 Å². The van der Waals surface area contributed by atoms with Crippen LogP contribution in [0.1, 0.15) is 329 Å². The number of benzene rings is 4. The maximum absolute atomic E-state index is 12.2. The van der Waals surface area contributed by atoms with Gasteiger partial charge in [0.25, 0.3) is 0 Å². The lowest BCUT2D eigenvalue weighted by atomic mass is 10.0. The van der Waals surface area contributed by atoms with Gasteiger partial charge >= 0.3 is 5.97 Å². The first-order valence-electron chi connectivity index (χ1n) is 44.3. The second-order valence-corrected chi connectivity index (χ2v) is 32.7. The van der Waals surface area contributed by atoms with Crippen molar-refractivity contribution in [3.8, 4) is 78.0 Å². The van der Waals surface area contributed by atoms with Crippen molar-refractivity contribution in [1.82, 2.24) is 19.9 Å². The fraction of sp³-hybridized carbons (Fsp3) is 0.495. The standard InChI is InChI=1S/C101H133N5O6S/c1-7-11-15-19-23-27-31-35-39-43-73-109-90-49-47-50-91(110-74-44-40-36-32-28-24-20-16-12-8-2)99(90)97-86-65-63-82(102-86)81(62-55-77-53-60-80(61-54-77)106(5)6)83-64-66-87(103-83)98(89-70-68-85(105-89)96(84-67-69-88(97)104-84)95-72-71-94(113-95)78-56-58-79(59-57-78)101(107)108)100-92(111-75-45-41-37-33-29-25-21-17-13-9-3)51-48-52-93(100)112-76-46-42-38-34-30-26-22-18-14-10-4/h47-54,56-61,63-72,102,105H,7-46,73-76H2,1-6H3,(H,107,108). The first-order chi connectivity index (χ1) is 55.7. The minimum absolute atomic E-state index is 0.244. The highest BCUT2D eigenvalue weighted by Crippen LogP contribution is 2.47. The number of carbonyl (C=O) groups is 1. The molecule has 4 aromatic heterocycles. The summed E-state index contributed by atoms with van der Waals surface area (Å²) < 4.78 is 28.4. The molecule has 0 fully saturated rings. The molecule has 8 bridgehead atoms. The monoisotopic (exact) mass is 1540 g/mol. The summed E-state index contributed by atoms with van der Waals surface area (Å²) in [5.41, 5.74) is 14.5. The highest BCUT2D eigenvalue weighted by molar-refractivity contribution is 7.19. The fourth-order valence-electron chi connectivity index (χ4n) is 15.6. The number of aromatic carboxylic acids is 1. The second-order valence-electron chi connectivity index (χ2n) is 31.6. The molecule has 0 aliphatic carbocycles. The third-order valence-electron chi connectivity index (χ3n) is 22.2. The van der Waals surface area contributed by atoms with Gasteiger partial charge in [0, 0.05) is 68.3 Å². The molecule has 0 spiro atoms. The van der Waals surface area contributed by atoms with Crippen LogP contribution >= 0.6 is 11.3 Å². The van der Waals surface area contributed by atoms with E-state index >= 15 is 0 Å². The molecule has 0 radical (unpaired) electrons.